The number of aromatic nitrogens is 3. The number of hydrogen-bond donors (Lipinski definition) is 0. The molecule has 0 saturated carbocycles. The molecule has 1 atom stereocenters. The van der Waals surface area contributed by atoms with Gasteiger partial charge in [-0.1, -0.05) is 17.7 Å². The van der Waals surface area contributed by atoms with Crippen LogP contribution in [0, 0.1) is 0 Å². The van der Waals surface area contributed by atoms with Crippen LogP contribution in [0.3, 0.4) is 0 Å². The Morgan fingerprint density at radius 3 is 2.48 bits per heavy atom. The topological polar surface area (TPSA) is 59.0 Å². The zero-order valence-electron chi connectivity index (χ0n) is 13.9. The largest absolute Gasteiger partial charge is 0.363 e. The van der Waals surface area contributed by atoms with Crippen LogP contribution in [0.25, 0.3) is 11.5 Å². The first-order valence-electron chi connectivity index (χ1n) is 7.63. The Hall–Kier alpha value is -2.31. The maximum atomic E-state index is 12.6. The summed E-state index contributed by atoms with van der Waals surface area (Å²) in [7, 11) is 2.60. The van der Waals surface area contributed by atoms with E-state index >= 15 is 0 Å². The van der Waals surface area contributed by atoms with Crippen molar-refractivity contribution in [1.82, 2.24) is 15.0 Å². The zero-order valence-corrected chi connectivity index (χ0v) is 15.5. The van der Waals surface area contributed by atoms with Crippen LogP contribution in [-0.4, -0.2) is 33.3 Å². The third-order valence-electron chi connectivity index (χ3n) is 3.47. The Morgan fingerprint density at radius 1 is 1.08 bits per heavy atom. The molecule has 0 radical (unpaired) electrons. The van der Waals surface area contributed by atoms with Crippen LogP contribution in [0.4, 0.5) is 5.82 Å². The third-order valence-corrected chi connectivity index (χ3v) is 5.08. The highest BCUT2D eigenvalue weighted by molar-refractivity contribution is 7.84. The van der Waals surface area contributed by atoms with E-state index in [4.69, 9.17) is 11.6 Å². The van der Waals surface area contributed by atoms with Crippen LogP contribution in [0.2, 0.25) is 5.02 Å². The molecule has 0 spiro atoms. The molecule has 3 aromatic rings. The molecule has 0 aliphatic carbocycles. The molecule has 0 aliphatic rings. The van der Waals surface area contributed by atoms with Crippen molar-refractivity contribution in [3.05, 3.63) is 65.4 Å². The number of hydrogen-bond acceptors (Lipinski definition) is 5. The van der Waals surface area contributed by atoms with Gasteiger partial charge in [-0.05, 0) is 36.4 Å². The number of benzene rings is 1. The van der Waals surface area contributed by atoms with Crippen molar-refractivity contribution in [3.63, 3.8) is 0 Å². The van der Waals surface area contributed by atoms with Gasteiger partial charge in [-0.15, -0.1) is 0 Å². The monoisotopic (exact) mass is 372 g/mol. The fraction of sp³-hybridized carbons (Fsp3) is 0.167. The summed E-state index contributed by atoms with van der Waals surface area (Å²) in [6.07, 6.45) is 1.70. The van der Waals surface area contributed by atoms with Crippen LogP contribution in [0.15, 0.2) is 59.6 Å². The number of rotatable bonds is 5. The van der Waals surface area contributed by atoms with Gasteiger partial charge in [-0.2, -0.15) is 0 Å². The predicted molar refractivity (Wildman–Crippen MR) is 101 cm³/mol. The molecule has 0 bridgehead atoms. The molecule has 0 aliphatic heterocycles. The lowest BCUT2D eigenvalue weighted by Crippen LogP contribution is -2.13. The van der Waals surface area contributed by atoms with Crippen molar-refractivity contribution in [3.8, 4) is 11.5 Å². The lowest BCUT2D eigenvalue weighted by Gasteiger charge is -2.14. The molecule has 0 fully saturated rings. The van der Waals surface area contributed by atoms with E-state index in [0.29, 0.717) is 32.9 Å². The molecule has 7 heteroatoms. The van der Waals surface area contributed by atoms with Gasteiger partial charge in [0, 0.05) is 36.3 Å². The average Bonchev–Trinajstić information content (AvgIpc) is 2.62. The summed E-state index contributed by atoms with van der Waals surface area (Å²) in [6.45, 7) is 0. The van der Waals surface area contributed by atoms with E-state index in [1.165, 1.54) is 0 Å². The van der Waals surface area contributed by atoms with Crippen LogP contribution in [0.1, 0.15) is 5.69 Å². The van der Waals surface area contributed by atoms with Crippen molar-refractivity contribution in [2.24, 2.45) is 0 Å². The number of nitrogens with zero attached hydrogens (tertiary/aromatic N) is 4. The van der Waals surface area contributed by atoms with E-state index < -0.39 is 10.8 Å². The molecular formula is C18H17ClN4OS. The molecule has 0 saturated heterocycles. The van der Waals surface area contributed by atoms with Gasteiger partial charge in [0.05, 0.1) is 22.2 Å². The van der Waals surface area contributed by atoms with Crippen molar-refractivity contribution >= 4 is 28.2 Å². The van der Waals surface area contributed by atoms with Gasteiger partial charge in [0.25, 0.3) is 0 Å². The molecule has 1 unspecified atom stereocenters. The fourth-order valence-electron chi connectivity index (χ4n) is 2.20. The maximum absolute atomic E-state index is 12.6. The summed E-state index contributed by atoms with van der Waals surface area (Å²) in [5.41, 5.74) is 1.39. The van der Waals surface area contributed by atoms with Crippen molar-refractivity contribution in [2.45, 2.75) is 10.6 Å². The Kier molecular flexibility index (Phi) is 5.40. The lowest BCUT2D eigenvalue weighted by atomic mass is 10.3. The summed E-state index contributed by atoms with van der Waals surface area (Å²) in [5, 5.41) is 0.620. The highest BCUT2D eigenvalue weighted by Crippen LogP contribution is 2.20. The van der Waals surface area contributed by atoms with Crippen molar-refractivity contribution in [1.29, 1.82) is 0 Å². The number of halogens is 1. The van der Waals surface area contributed by atoms with E-state index in [1.807, 2.05) is 43.3 Å². The molecular weight excluding hydrogens is 356 g/mol. The first-order chi connectivity index (χ1) is 12.0. The Balaban J connectivity index is 1.93. The van der Waals surface area contributed by atoms with E-state index in [9.17, 15) is 4.21 Å². The summed E-state index contributed by atoms with van der Waals surface area (Å²) >= 11 is 5.89. The van der Waals surface area contributed by atoms with Crippen LogP contribution in [-0.2, 0) is 16.6 Å². The van der Waals surface area contributed by atoms with Crippen LogP contribution < -0.4 is 4.90 Å². The van der Waals surface area contributed by atoms with E-state index in [-0.39, 0.29) is 0 Å². The minimum Gasteiger partial charge on any atom is -0.363 e. The SMILES string of the molecule is CN(C)c1cc(CS(=O)c2ccc(Cl)cc2)nc(-c2ccccn2)n1. The highest BCUT2D eigenvalue weighted by atomic mass is 35.5. The molecule has 5 nitrogen and oxygen atoms in total. The quantitative estimate of drug-likeness (QED) is 0.685. The van der Waals surface area contributed by atoms with Crippen LogP contribution in [0.5, 0.6) is 0 Å². The predicted octanol–water partition coefficient (Wildman–Crippen LogP) is 3.57. The number of pyridine rings is 1. The minimum absolute atomic E-state index is 0.296. The second-order valence-electron chi connectivity index (χ2n) is 5.59. The molecule has 128 valence electrons. The van der Waals surface area contributed by atoms with Crippen molar-refractivity contribution < 1.29 is 4.21 Å². The summed E-state index contributed by atoms with van der Waals surface area (Å²) in [4.78, 5) is 16.0. The van der Waals surface area contributed by atoms with Crippen LogP contribution >= 0.6 is 11.6 Å². The third kappa shape index (κ3) is 4.41. The van der Waals surface area contributed by atoms with Gasteiger partial charge >= 0.3 is 0 Å². The second kappa shape index (κ2) is 7.72. The highest BCUT2D eigenvalue weighted by Gasteiger charge is 2.12. The van der Waals surface area contributed by atoms with Gasteiger partial charge in [0.2, 0.25) is 0 Å². The number of anilines is 1. The van der Waals surface area contributed by atoms with Gasteiger partial charge in [0.1, 0.15) is 11.5 Å². The van der Waals surface area contributed by atoms with Gasteiger partial charge in [-0.25, -0.2) is 9.97 Å². The lowest BCUT2D eigenvalue weighted by molar-refractivity contribution is 0.682. The molecule has 25 heavy (non-hydrogen) atoms. The fourth-order valence-corrected chi connectivity index (χ4v) is 3.35. The Labute approximate surface area is 154 Å². The van der Waals surface area contributed by atoms with Gasteiger partial charge in [-0.3, -0.25) is 9.19 Å². The molecule has 0 amide bonds. The maximum Gasteiger partial charge on any atom is 0.180 e. The smallest absolute Gasteiger partial charge is 0.180 e. The summed E-state index contributed by atoms with van der Waals surface area (Å²) in [6, 6.07) is 14.4. The first kappa shape index (κ1) is 17.5. The first-order valence-corrected chi connectivity index (χ1v) is 9.33. The zero-order chi connectivity index (χ0) is 17.8. The second-order valence-corrected chi connectivity index (χ2v) is 7.48. The minimum atomic E-state index is -1.22. The molecule has 2 aromatic heterocycles. The average molecular weight is 373 g/mol. The molecule has 0 N–H and O–H groups in total. The van der Waals surface area contributed by atoms with Crippen molar-refractivity contribution in [2.75, 3.05) is 19.0 Å². The van der Waals surface area contributed by atoms with E-state index in [0.717, 1.165) is 5.82 Å². The standard InChI is InChI=1S/C18H17ClN4OS/c1-23(2)17-11-14(12-25(24)15-8-6-13(19)7-9-15)21-18(22-17)16-5-3-4-10-20-16/h3-11H,12H2,1-2H3. The van der Waals surface area contributed by atoms with Gasteiger partial charge in [0.15, 0.2) is 5.82 Å². The Morgan fingerprint density at radius 2 is 1.84 bits per heavy atom. The summed E-state index contributed by atoms with van der Waals surface area (Å²) < 4.78 is 12.6. The Bertz CT molecular complexity index is 885. The summed E-state index contributed by atoms with van der Waals surface area (Å²) in [5.74, 6) is 1.57. The molecule has 3 rings (SSSR count). The van der Waals surface area contributed by atoms with Gasteiger partial charge < -0.3 is 4.90 Å². The van der Waals surface area contributed by atoms with E-state index in [1.54, 1.807) is 30.5 Å². The normalized spacial score (nSPS) is 12.0. The van der Waals surface area contributed by atoms with E-state index in [2.05, 4.69) is 15.0 Å². The molecule has 2 heterocycles. The molecule has 1 aromatic carbocycles.